The molecule has 1 saturated heterocycles. The lowest BCUT2D eigenvalue weighted by molar-refractivity contribution is -0.120. The second kappa shape index (κ2) is 9.06. The van der Waals surface area contributed by atoms with Crippen LogP contribution < -0.4 is 14.8 Å². The van der Waals surface area contributed by atoms with Gasteiger partial charge in [0.05, 0.1) is 11.3 Å². The van der Waals surface area contributed by atoms with Crippen LogP contribution in [0.1, 0.15) is 18.4 Å². The molecule has 160 valence electrons. The first-order valence-electron chi connectivity index (χ1n) is 10.2. The van der Waals surface area contributed by atoms with E-state index in [-0.39, 0.29) is 18.2 Å². The molecular formula is C22H26N2O5S. The van der Waals surface area contributed by atoms with E-state index in [9.17, 15) is 13.2 Å². The molecule has 2 aromatic rings. The van der Waals surface area contributed by atoms with Gasteiger partial charge >= 0.3 is 0 Å². The number of fused-ring (bicyclic) bond motifs is 1. The van der Waals surface area contributed by atoms with E-state index in [0.29, 0.717) is 49.2 Å². The van der Waals surface area contributed by atoms with Crippen molar-refractivity contribution in [2.45, 2.75) is 24.2 Å². The van der Waals surface area contributed by atoms with Gasteiger partial charge in [0.1, 0.15) is 13.2 Å². The molecule has 0 aromatic heterocycles. The molecule has 0 aliphatic carbocycles. The van der Waals surface area contributed by atoms with Crippen molar-refractivity contribution in [3.8, 4) is 11.5 Å². The Morgan fingerprint density at radius 1 is 1.00 bits per heavy atom. The van der Waals surface area contributed by atoms with Gasteiger partial charge in [0, 0.05) is 19.6 Å². The highest BCUT2D eigenvalue weighted by molar-refractivity contribution is 7.89. The summed E-state index contributed by atoms with van der Waals surface area (Å²) < 4.78 is 38.0. The van der Waals surface area contributed by atoms with Crippen molar-refractivity contribution in [1.29, 1.82) is 0 Å². The number of rotatable bonds is 6. The lowest BCUT2D eigenvalue weighted by atomic mass is 9.98. The maximum Gasteiger partial charge on any atom is 0.243 e. The summed E-state index contributed by atoms with van der Waals surface area (Å²) in [5.41, 5.74) is 0.875. The van der Waals surface area contributed by atoms with Crippen molar-refractivity contribution in [2.75, 3.05) is 32.8 Å². The highest BCUT2D eigenvalue weighted by atomic mass is 32.2. The lowest BCUT2D eigenvalue weighted by Gasteiger charge is -2.31. The highest BCUT2D eigenvalue weighted by Gasteiger charge is 2.29. The molecule has 0 atom stereocenters. The number of carbonyl (C=O) groups is 1. The molecule has 1 N–H and O–H groups in total. The Labute approximate surface area is 177 Å². The molecule has 0 saturated carbocycles. The van der Waals surface area contributed by atoms with Crippen LogP contribution in [0.3, 0.4) is 0 Å². The molecule has 2 heterocycles. The molecule has 1 amide bonds. The summed E-state index contributed by atoms with van der Waals surface area (Å²) in [5, 5.41) is 2.99. The van der Waals surface area contributed by atoms with Gasteiger partial charge in [-0.2, -0.15) is 4.31 Å². The Kier molecular flexibility index (Phi) is 6.24. The van der Waals surface area contributed by atoms with Crippen LogP contribution in [0.15, 0.2) is 53.4 Å². The van der Waals surface area contributed by atoms with Gasteiger partial charge < -0.3 is 14.8 Å². The third-order valence-electron chi connectivity index (χ3n) is 5.51. The van der Waals surface area contributed by atoms with Crippen LogP contribution in [0.5, 0.6) is 11.5 Å². The number of nitrogens with one attached hydrogen (secondary N) is 1. The molecule has 7 nitrogen and oxygen atoms in total. The van der Waals surface area contributed by atoms with E-state index in [0.717, 1.165) is 18.4 Å². The summed E-state index contributed by atoms with van der Waals surface area (Å²) >= 11 is 0. The van der Waals surface area contributed by atoms with E-state index in [1.807, 2.05) is 18.2 Å². The predicted octanol–water partition coefficient (Wildman–Crippen LogP) is 2.22. The second-order valence-electron chi connectivity index (χ2n) is 7.62. The van der Waals surface area contributed by atoms with E-state index in [4.69, 9.17) is 9.47 Å². The van der Waals surface area contributed by atoms with Crippen molar-refractivity contribution in [1.82, 2.24) is 9.62 Å². The first-order valence-corrected chi connectivity index (χ1v) is 11.7. The molecule has 0 spiro atoms. The standard InChI is InChI=1S/C22H26N2O5S/c25-22(15-18-6-7-20-21(14-18)29-13-12-28-20)23-16-17-8-10-24(11-9-17)30(26,27)19-4-2-1-3-5-19/h1-7,14,17H,8-13,15-16H2,(H,23,25). The van der Waals surface area contributed by atoms with E-state index >= 15 is 0 Å². The van der Waals surface area contributed by atoms with E-state index < -0.39 is 10.0 Å². The number of carbonyl (C=O) groups excluding carboxylic acids is 1. The fourth-order valence-corrected chi connectivity index (χ4v) is 5.29. The molecular weight excluding hydrogens is 404 g/mol. The minimum absolute atomic E-state index is 0.0500. The number of hydrogen-bond donors (Lipinski definition) is 1. The number of benzene rings is 2. The van der Waals surface area contributed by atoms with Gasteiger partial charge in [-0.1, -0.05) is 24.3 Å². The molecule has 2 aromatic carbocycles. The monoisotopic (exact) mass is 430 g/mol. The zero-order valence-corrected chi connectivity index (χ0v) is 17.6. The minimum atomic E-state index is -3.44. The van der Waals surface area contributed by atoms with Gasteiger partial charge in [0.2, 0.25) is 15.9 Å². The van der Waals surface area contributed by atoms with Gasteiger partial charge in [0.25, 0.3) is 0 Å². The van der Waals surface area contributed by atoms with Gasteiger partial charge in [-0.3, -0.25) is 4.79 Å². The maximum absolute atomic E-state index is 12.7. The van der Waals surface area contributed by atoms with Crippen LogP contribution in [-0.2, 0) is 21.2 Å². The molecule has 0 unspecified atom stereocenters. The number of ether oxygens (including phenoxy) is 2. The zero-order chi connectivity index (χ0) is 21.0. The van der Waals surface area contributed by atoms with E-state index in [1.165, 1.54) is 4.31 Å². The Bertz CT molecular complexity index is 986. The zero-order valence-electron chi connectivity index (χ0n) is 16.7. The average Bonchev–Trinajstić information content (AvgIpc) is 2.78. The quantitative estimate of drug-likeness (QED) is 0.760. The van der Waals surface area contributed by atoms with E-state index in [2.05, 4.69) is 5.32 Å². The number of sulfonamides is 1. The summed E-state index contributed by atoms with van der Waals surface area (Å²) in [4.78, 5) is 12.7. The summed E-state index contributed by atoms with van der Waals surface area (Å²) in [6.07, 6.45) is 1.74. The molecule has 0 bridgehead atoms. The first-order chi connectivity index (χ1) is 14.5. The van der Waals surface area contributed by atoms with Crippen molar-refractivity contribution in [2.24, 2.45) is 5.92 Å². The SMILES string of the molecule is O=C(Cc1ccc2c(c1)OCCO2)NCC1CCN(S(=O)(=O)c2ccccc2)CC1. The van der Waals surface area contributed by atoms with E-state index in [1.54, 1.807) is 30.3 Å². The topological polar surface area (TPSA) is 84.9 Å². The summed E-state index contributed by atoms with van der Waals surface area (Å²) in [5.74, 6) is 1.61. The summed E-state index contributed by atoms with van der Waals surface area (Å²) in [6, 6.07) is 14.1. The smallest absolute Gasteiger partial charge is 0.243 e. The molecule has 1 fully saturated rings. The van der Waals surface area contributed by atoms with Crippen LogP contribution in [-0.4, -0.2) is 51.5 Å². The van der Waals surface area contributed by atoms with Gasteiger partial charge in [-0.15, -0.1) is 0 Å². The van der Waals surface area contributed by atoms with Crippen LogP contribution >= 0.6 is 0 Å². The normalized spacial score (nSPS) is 17.5. The lowest BCUT2D eigenvalue weighted by Crippen LogP contribution is -2.41. The fraction of sp³-hybridized carbons (Fsp3) is 0.409. The van der Waals surface area contributed by atoms with Gasteiger partial charge in [0.15, 0.2) is 11.5 Å². The molecule has 0 radical (unpaired) electrons. The molecule has 2 aliphatic rings. The van der Waals surface area contributed by atoms with Crippen molar-refractivity contribution in [3.63, 3.8) is 0 Å². The predicted molar refractivity (Wildman–Crippen MR) is 112 cm³/mol. The number of nitrogens with zero attached hydrogens (tertiary/aromatic N) is 1. The Balaban J connectivity index is 1.24. The maximum atomic E-state index is 12.7. The molecule has 8 heteroatoms. The number of piperidine rings is 1. The minimum Gasteiger partial charge on any atom is -0.486 e. The first kappa shape index (κ1) is 20.7. The Morgan fingerprint density at radius 2 is 1.70 bits per heavy atom. The molecule has 30 heavy (non-hydrogen) atoms. The summed E-state index contributed by atoms with van der Waals surface area (Å²) in [7, 11) is -3.44. The fourth-order valence-electron chi connectivity index (χ4n) is 3.80. The van der Waals surface area contributed by atoms with Gasteiger partial charge in [-0.25, -0.2) is 8.42 Å². The van der Waals surface area contributed by atoms with Crippen LogP contribution in [0, 0.1) is 5.92 Å². The van der Waals surface area contributed by atoms with Crippen LogP contribution in [0.4, 0.5) is 0 Å². The average molecular weight is 431 g/mol. The highest BCUT2D eigenvalue weighted by Crippen LogP contribution is 2.31. The second-order valence-corrected chi connectivity index (χ2v) is 9.56. The van der Waals surface area contributed by atoms with Crippen LogP contribution in [0.25, 0.3) is 0 Å². The van der Waals surface area contributed by atoms with Crippen molar-refractivity contribution in [3.05, 3.63) is 54.1 Å². The molecule has 2 aliphatic heterocycles. The Hall–Kier alpha value is -2.58. The molecule has 4 rings (SSSR count). The van der Waals surface area contributed by atoms with Gasteiger partial charge in [-0.05, 0) is 48.6 Å². The Morgan fingerprint density at radius 3 is 2.43 bits per heavy atom. The largest absolute Gasteiger partial charge is 0.486 e. The summed E-state index contributed by atoms with van der Waals surface area (Å²) in [6.45, 7) is 2.56. The van der Waals surface area contributed by atoms with Crippen molar-refractivity contribution >= 4 is 15.9 Å². The third kappa shape index (κ3) is 4.76. The third-order valence-corrected chi connectivity index (χ3v) is 7.43. The van der Waals surface area contributed by atoms with Crippen LogP contribution in [0.2, 0.25) is 0 Å². The number of amides is 1. The van der Waals surface area contributed by atoms with Crippen molar-refractivity contribution < 1.29 is 22.7 Å². The number of hydrogen-bond acceptors (Lipinski definition) is 5.